The second-order valence-electron chi connectivity index (χ2n) is 5.92. The Morgan fingerprint density at radius 2 is 2.17 bits per heavy atom. The van der Waals surface area contributed by atoms with E-state index in [9.17, 15) is 0 Å². The van der Waals surface area contributed by atoms with Gasteiger partial charge in [-0.2, -0.15) is 0 Å². The molecule has 1 fully saturated rings. The highest BCUT2D eigenvalue weighted by molar-refractivity contribution is 14.0. The number of thiazole rings is 1. The summed E-state index contributed by atoms with van der Waals surface area (Å²) < 4.78 is 0. The van der Waals surface area contributed by atoms with E-state index in [1.807, 2.05) is 7.05 Å². The average Bonchev–Trinajstić information content (AvgIpc) is 3.22. The van der Waals surface area contributed by atoms with Gasteiger partial charge in [-0.1, -0.05) is 30.3 Å². The molecule has 3 rings (SSSR count). The quantitative estimate of drug-likeness (QED) is 0.434. The first-order valence-electron chi connectivity index (χ1n) is 8.18. The fourth-order valence-corrected chi connectivity index (χ4v) is 3.75. The zero-order valence-electron chi connectivity index (χ0n) is 14.2. The molecule has 1 saturated heterocycles. The molecular formula is C18H25IN4S. The second kappa shape index (κ2) is 9.36. The lowest BCUT2D eigenvalue weighted by Crippen LogP contribution is -2.40. The molecule has 1 aromatic carbocycles. The largest absolute Gasteiger partial charge is 0.356 e. The number of aryl methyl sites for hydroxylation is 1. The van der Waals surface area contributed by atoms with Gasteiger partial charge < -0.3 is 10.2 Å². The first-order valence-corrected chi connectivity index (χ1v) is 9.06. The van der Waals surface area contributed by atoms with Crippen molar-refractivity contribution in [1.82, 2.24) is 15.2 Å². The Morgan fingerprint density at radius 1 is 1.38 bits per heavy atom. The number of halogens is 1. The number of hydrogen-bond acceptors (Lipinski definition) is 3. The minimum absolute atomic E-state index is 0. The van der Waals surface area contributed by atoms with Crippen LogP contribution in [0.5, 0.6) is 0 Å². The maximum Gasteiger partial charge on any atom is 0.193 e. The predicted molar refractivity (Wildman–Crippen MR) is 113 cm³/mol. The van der Waals surface area contributed by atoms with Crippen LogP contribution < -0.4 is 5.32 Å². The number of aromatic nitrogens is 1. The Kier molecular flexibility index (Phi) is 7.48. The topological polar surface area (TPSA) is 40.5 Å². The van der Waals surface area contributed by atoms with Gasteiger partial charge in [-0.25, -0.2) is 4.98 Å². The standard InChI is InChI=1S/C18H24N4S.HI/c1-14-21-17(13-23-14)8-10-20-18(19-2)22-11-9-16(12-22)15-6-4-3-5-7-15;/h3-7,13,16H,8-12H2,1-2H3,(H,19,20);1H. The van der Waals surface area contributed by atoms with Gasteiger partial charge in [0, 0.05) is 44.4 Å². The summed E-state index contributed by atoms with van der Waals surface area (Å²) in [4.78, 5) is 11.3. The predicted octanol–water partition coefficient (Wildman–Crippen LogP) is 3.68. The van der Waals surface area contributed by atoms with Gasteiger partial charge in [0.05, 0.1) is 10.7 Å². The van der Waals surface area contributed by atoms with Gasteiger partial charge in [-0.15, -0.1) is 35.3 Å². The molecule has 6 heteroatoms. The molecular weight excluding hydrogens is 431 g/mol. The van der Waals surface area contributed by atoms with Gasteiger partial charge >= 0.3 is 0 Å². The summed E-state index contributed by atoms with van der Waals surface area (Å²) in [5.74, 6) is 1.62. The first-order chi connectivity index (χ1) is 11.3. The number of hydrogen-bond donors (Lipinski definition) is 1. The molecule has 1 N–H and O–H groups in total. The van der Waals surface area contributed by atoms with Crippen LogP contribution in [0.3, 0.4) is 0 Å². The molecule has 1 aliphatic heterocycles. The van der Waals surface area contributed by atoms with Gasteiger partial charge in [0.2, 0.25) is 0 Å². The number of nitrogens with zero attached hydrogens (tertiary/aromatic N) is 3. The van der Waals surface area contributed by atoms with E-state index in [1.165, 1.54) is 17.7 Å². The van der Waals surface area contributed by atoms with Crippen molar-refractivity contribution in [2.45, 2.75) is 25.7 Å². The molecule has 2 aromatic rings. The van der Waals surface area contributed by atoms with E-state index in [0.717, 1.165) is 37.0 Å². The molecule has 0 spiro atoms. The molecule has 130 valence electrons. The Bertz CT molecular complexity index is 656. The molecule has 0 bridgehead atoms. The van der Waals surface area contributed by atoms with E-state index < -0.39 is 0 Å². The van der Waals surface area contributed by atoms with Crippen molar-refractivity contribution in [3.63, 3.8) is 0 Å². The fraction of sp³-hybridized carbons (Fsp3) is 0.444. The van der Waals surface area contributed by atoms with Crippen LogP contribution >= 0.6 is 35.3 Å². The second-order valence-corrected chi connectivity index (χ2v) is 6.99. The van der Waals surface area contributed by atoms with Crippen molar-refractivity contribution in [3.05, 3.63) is 52.0 Å². The van der Waals surface area contributed by atoms with Gasteiger partial charge in [-0.3, -0.25) is 4.99 Å². The lowest BCUT2D eigenvalue weighted by Gasteiger charge is -2.21. The smallest absolute Gasteiger partial charge is 0.193 e. The van der Waals surface area contributed by atoms with Gasteiger partial charge in [0.15, 0.2) is 5.96 Å². The van der Waals surface area contributed by atoms with Crippen LogP contribution in [0.2, 0.25) is 0 Å². The highest BCUT2D eigenvalue weighted by Crippen LogP contribution is 2.26. The SMILES string of the molecule is CN=C(NCCc1csc(C)n1)N1CCC(c2ccccc2)C1.I. The summed E-state index contributed by atoms with van der Waals surface area (Å²) in [5, 5.41) is 6.76. The summed E-state index contributed by atoms with van der Waals surface area (Å²) in [6.07, 6.45) is 2.13. The summed E-state index contributed by atoms with van der Waals surface area (Å²) in [6, 6.07) is 10.8. The highest BCUT2D eigenvalue weighted by atomic mass is 127. The molecule has 0 saturated carbocycles. The van der Waals surface area contributed by atoms with Crippen LogP contribution in [-0.2, 0) is 6.42 Å². The van der Waals surface area contributed by atoms with E-state index in [2.05, 4.69) is 62.8 Å². The molecule has 0 amide bonds. The maximum atomic E-state index is 4.51. The average molecular weight is 456 g/mol. The molecule has 0 radical (unpaired) electrons. The lowest BCUT2D eigenvalue weighted by atomic mass is 9.99. The third-order valence-electron chi connectivity index (χ3n) is 4.30. The molecule has 1 unspecified atom stereocenters. The van der Waals surface area contributed by atoms with Gasteiger partial charge in [0.25, 0.3) is 0 Å². The minimum atomic E-state index is 0. The number of guanidine groups is 1. The van der Waals surface area contributed by atoms with E-state index in [0.29, 0.717) is 5.92 Å². The molecule has 24 heavy (non-hydrogen) atoms. The monoisotopic (exact) mass is 456 g/mol. The van der Waals surface area contributed by atoms with Crippen LogP contribution in [0, 0.1) is 6.92 Å². The van der Waals surface area contributed by atoms with Crippen molar-refractivity contribution in [2.24, 2.45) is 4.99 Å². The number of aliphatic imine (C=N–C) groups is 1. The molecule has 0 aliphatic carbocycles. The van der Waals surface area contributed by atoms with E-state index in [4.69, 9.17) is 0 Å². The molecule has 1 aliphatic rings. The van der Waals surface area contributed by atoms with Crippen LogP contribution in [0.25, 0.3) is 0 Å². The van der Waals surface area contributed by atoms with Crippen LogP contribution in [0.15, 0.2) is 40.7 Å². The number of benzene rings is 1. The molecule has 4 nitrogen and oxygen atoms in total. The Balaban J connectivity index is 0.00000208. The Morgan fingerprint density at radius 3 is 2.83 bits per heavy atom. The number of nitrogens with one attached hydrogen (secondary N) is 1. The fourth-order valence-electron chi connectivity index (χ4n) is 3.11. The van der Waals surface area contributed by atoms with Crippen molar-refractivity contribution in [3.8, 4) is 0 Å². The van der Waals surface area contributed by atoms with Gasteiger partial charge in [0.1, 0.15) is 0 Å². The van der Waals surface area contributed by atoms with E-state index in [1.54, 1.807) is 11.3 Å². The third-order valence-corrected chi connectivity index (χ3v) is 5.12. The van der Waals surface area contributed by atoms with Gasteiger partial charge in [-0.05, 0) is 18.9 Å². The number of likely N-dealkylation sites (tertiary alicyclic amines) is 1. The number of rotatable bonds is 4. The lowest BCUT2D eigenvalue weighted by molar-refractivity contribution is 0.486. The maximum absolute atomic E-state index is 4.51. The zero-order chi connectivity index (χ0) is 16.1. The molecule has 1 aromatic heterocycles. The molecule has 2 heterocycles. The normalized spacial score (nSPS) is 17.7. The van der Waals surface area contributed by atoms with Crippen LogP contribution in [-0.4, -0.2) is 42.5 Å². The summed E-state index contributed by atoms with van der Waals surface area (Å²) in [5.41, 5.74) is 2.60. The van der Waals surface area contributed by atoms with E-state index in [-0.39, 0.29) is 24.0 Å². The van der Waals surface area contributed by atoms with Crippen molar-refractivity contribution in [2.75, 3.05) is 26.7 Å². The molecule has 1 atom stereocenters. The zero-order valence-corrected chi connectivity index (χ0v) is 17.4. The van der Waals surface area contributed by atoms with Crippen molar-refractivity contribution < 1.29 is 0 Å². The minimum Gasteiger partial charge on any atom is -0.356 e. The summed E-state index contributed by atoms with van der Waals surface area (Å²) in [6.45, 7) is 5.03. The van der Waals surface area contributed by atoms with Crippen molar-refractivity contribution >= 4 is 41.3 Å². The highest BCUT2D eigenvalue weighted by Gasteiger charge is 2.25. The van der Waals surface area contributed by atoms with Crippen molar-refractivity contribution in [1.29, 1.82) is 0 Å². The van der Waals surface area contributed by atoms with Crippen LogP contribution in [0.1, 0.15) is 28.6 Å². The Labute approximate surface area is 165 Å². The summed E-state index contributed by atoms with van der Waals surface area (Å²) in [7, 11) is 1.87. The van der Waals surface area contributed by atoms with Crippen LogP contribution in [0.4, 0.5) is 0 Å². The Hall–Kier alpha value is -1.15. The first kappa shape index (κ1) is 19.2. The van der Waals surface area contributed by atoms with E-state index >= 15 is 0 Å². The third kappa shape index (κ3) is 4.92. The summed E-state index contributed by atoms with van der Waals surface area (Å²) >= 11 is 1.71.